The average molecular weight is 349 g/mol. The summed E-state index contributed by atoms with van der Waals surface area (Å²) in [6.45, 7) is 3.11. The third kappa shape index (κ3) is 3.94. The van der Waals surface area contributed by atoms with Gasteiger partial charge in [0.05, 0.1) is 31.1 Å². The van der Waals surface area contributed by atoms with Crippen LogP contribution in [0.3, 0.4) is 0 Å². The number of methoxy groups -OCH3 is 1. The number of benzene rings is 2. The summed E-state index contributed by atoms with van der Waals surface area (Å²) in [5.41, 5.74) is 3.66. The van der Waals surface area contributed by atoms with Gasteiger partial charge in [0.25, 0.3) is 5.91 Å². The minimum atomic E-state index is -0.118. The number of carbonyl (C=O) groups is 1. The molecule has 2 aromatic carbocycles. The molecule has 3 aromatic rings. The van der Waals surface area contributed by atoms with Gasteiger partial charge in [-0.25, -0.2) is 0 Å². The standard InChI is InChI=1S/C21H23N3O2/c1-3-19-18(14-23-24(19)15-16-9-5-4-6-10-16)21(25)22-13-17-11-7-8-12-20(17)26-2/h4-12,14H,3,13,15H2,1-2H3,(H,22,25). The zero-order valence-corrected chi connectivity index (χ0v) is 15.1. The van der Waals surface area contributed by atoms with Crippen molar-refractivity contribution < 1.29 is 9.53 Å². The lowest BCUT2D eigenvalue weighted by Gasteiger charge is -2.10. The molecule has 1 heterocycles. The highest BCUT2D eigenvalue weighted by Gasteiger charge is 2.16. The molecule has 1 N–H and O–H groups in total. The summed E-state index contributed by atoms with van der Waals surface area (Å²) in [7, 11) is 1.63. The minimum Gasteiger partial charge on any atom is -0.496 e. The van der Waals surface area contributed by atoms with Crippen molar-refractivity contribution in [3.63, 3.8) is 0 Å². The van der Waals surface area contributed by atoms with Crippen molar-refractivity contribution in [1.29, 1.82) is 0 Å². The first kappa shape index (κ1) is 17.7. The van der Waals surface area contributed by atoms with E-state index in [1.54, 1.807) is 13.3 Å². The van der Waals surface area contributed by atoms with E-state index in [9.17, 15) is 4.79 Å². The Morgan fingerprint density at radius 3 is 2.58 bits per heavy atom. The van der Waals surface area contributed by atoms with E-state index < -0.39 is 0 Å². The third-order valence-electron chi connectivity index (χ3n) is 4.34. The predicted octanol–water partition coefficient (Wildman–Crippen LogP) is 3.43. The first-order chi connectivity index (χ1) is 12.7. The molecule has 0 aliphatic heterocycles. The highest BCUT2D eigenvalue weighted by molar-refractivity contribution is 5.95. The van der Waals surface area contributed by atoms with E-state index in [2.05, 4.69) is 22.5 Å². The van der Waals surface area contributed by atoms with Gasteiger partial charge in [0.2, 0.25) is 0 Å². The first-order valence-electron chi connectivity index (χ1n) is 8.71. The molecule has 0 atom stereocenters. The van der Waals surface area contributed by atoms with Crippen LogP contribution in [0.4, 0.5) is 0 Å². The zero-order valence-electron chi connectivity index (χ0n) is 15.1. The summed E-state index contributed by atoms with van der Waals surface area (Å²) in [6, 6.07) is 17.8. The third-order valence-corrected chi connectivity index (χ3v) is 4.34. The van der Waals surface area contributed by atoms with E-state index in [1.807, 2.05) is 54.1 Å². The summed E-state index contributed by atoms with van der Waals surface area (Å²) in [5.74, 6) is 0.648. The number of hydrogen-bond donors (Lipinski definition) is 1. The Labute approximate surface area is 153 Å². The molecule has 0 aliphatic rings. The monoisotopic (exact) mass is 349 g/mol. The summed E-state index contributed by atoms with van der Waals surface area (Å²) >= 11 is 0. The van der Waals surface area contributed by atoms with Crippen LogP contribution < -0.4 is 10.1 Å². The van der Waals surface area contributed by atoms with Gasteiger partial charge in [-0.1, -0.05) is 55.5 Å². The molecular formula is C21H23N3O2. The Kier molecular flexibility index (Phi) is 5.69. The van der Waals surface area contributed by atoms with Crippen LogP contribution in [0, 0.1) is 0 Å². The fourth-order valence-corrected chi connectivity index (χ4v) is 2.99. The smallest absolute Gasteiger partial charge is 0.255 e. The summed E-state index contributed by atoms with van der Waals surface area (Å²) < 4.78 is 7.23. The molecule has 0 saturated carbocycles. The number of amides is 1. The second-order valence-electron chi connectivity index (χ2n) is 6.00. The number of nitrogens with one attached hydrogen (secondary N) is 1. The van der Waals surface area contributed by atoms with Gasteiger partial charge >= 0.3 is 0 Å². The number of aromatic nitrogens is 2. The van der Waals surface area contributed by atoms with Crippen molar-refractivity contribution in [2.24, 2.45) is 0 Å². The Balaban J connectivity index is 1.73. The van der Waals surface area contributed by atoms with E-state index in [0.29, 0.717) is 18.7 Å². The van der Waals surface area contributed by atoms with Crippen molar-refractivity contribution in [3.05, 3.63) is 83.2 Å². The van der Waals surface area contributed by atoms with Crippen LogP contribution in [0.25, 0.3) is 0 Å². The lowest BCUT2D eigenvalue weighted by molar-refractivity contribution is 0.0949. The van der Waals surface area contributed by atoms with Gasteiger partial charge in [-0.3, -0.25) is 9.48 Å². The van der Waals surface area contributed by atoms with Crippen molar-refractivity contribution in [3.8, 4) is 5.75 Å². The van der Waals surface area contributed by atoms with E-state index in [0.717, 1.165) is 29.0 Å². The highest BCUT2D eigenvalue weighted by Crippen LogP contribution is 2.17. The number of para-hydroxylation sites is 1. The Morgan fingerprint density at radius 2 is 1.85 bits per heavy atom. The topological polar surface area (TPSA) is 56.1 Å². The molecule has 0 saturated heterocycles. The molecule has 5 nitrogen and oxygen atoms in total. The summed E-state index contributed by atoms with van der Waals surface area (Å²) in [4.78, 5) is 12.7. The Morgan fingerprint density at radius 1 is 1.12 bits per heavy atom. The van der Waals surface area contributed by atoms with Crippen LogP contribution in [0.1, 0.15) is 34.1 Å². The van der Waals surface area contributed by atoms with Crippen LogP contribution in [0.2, 0.25) is 0 Å². The molecule has 0 radical (unpaired) electrons. The molecule has 0 aliphatic carbocycles. The fraction of sp³-hybridized carbons (Fsp3) is 0.238. The summed E-state index contributed by atoms with van der Waals surface area (Å²) in [5, 5.41) is 7.39. The van der Waals surface area contributed by atoms with Crippen LogP contribution in [-0.4, -0.2) is 22.8 Å². The number of carbonyl (C=O) groups excluding carboxylic acids is 1. The van der Waals surface area contributed by atoms with Gasteiger partial charge in [0.15, 0.2) is 0 Å². The molecular weight excluding hydrogens is 326 g/mol. The largest absolute Gasteiger partial charge is 0.496 e. The molecule has 0 fully saturated rings. The molecule has 3 rings (SSSR count). The van der Waals surface area contributed by atoms with Gasteiger partial charge in [0.1, 0.15) is 5.75 Å². The number of rotatable bonds is 7. The molecule has 0 spiro atoms. The van der Waals surface area contributed by atoms with Crippen molar-refractivity contribution in [2.45, 2.75) is 26.4 Å². The zero-order chi connectivity index (χ0) is 18.4. The molecule has 134 valence electrons. The Hall–Kier alpha value is -3.08. The predicted molar refractivity (Wildman–Crippen MR) is 101 cm³/mol. The van der Waals surface area contributed by atoms with Gasteiger partial charge in [-0.05, 0) is 18.1 Å². The maximum atomic E-state index is 12.7. The molecule has 0 unspecified atom stereocenters. The van der Waals surface area contributed by atoms with Crippen LogP contribution >= 0.6 is 0 Å². The van der Waals surface area contributed by atoms with Crippen molar-refractivity contribution in [1.82, 2.24) is 15.1 Å². The Bertz CT molecular complexity index is 872. The van der Waals surface area contributed by atoms with Crippen LogP contribution in [-0.2, 0) is 19.5 Å². The molecule has 0 bridgehead atoms. The quantitative estimate of drug-likeness (QED) is 0.711. The molecule has 1 amide bonds. The maximum Gasteiger partial charge on any atom is 0.255 e. The van der Waals surface area contributed by atoms with Gasteiger partial charge in [-0.2, -0.15) is 5.10 Å². The van der Waals surface area contributed by atoms with Crippen molar-refractivity contribution >= 4 is 5.91 Å². The number of ether oxygens (including phenoxy) is 1. The lowest BCUT2D eigenvalue weighted by atomic mass is 10.1. The van der Waals surface area contributed by atoms with Crippen LogP contribution in [0.5, 0.6) is 5.75 Å². The number of hydrogen-bond acceptors (Lipinski definition) is 3. The second kappa shape index (κ2) is 8.34. The van der Waals surface area contributed by atoms with E-state index in [1.165, 1.54) is 0 Å². The molecule has 5 heteroatoms. The normalized spacial score (nSPS) is 10.5. The summed E-state index contributed by atoms with van der Waals surface area (Å²) in [6.07, 6.45) is 2.39. The number of nitrogens with zero attached hydrogens (tertiary/aromatic N) is 2. The first-order valence-corrected chi connectivity index (χ1v) is 8.71. The minimum absolute atomic E-state index is 0.118. The van der Waals surface area contributed by atoms with Gasteiger partial charge in [0, 0.05) is 12.1 Å². The SMILES string of the molecule is CCc1c(C(=O)NCc2ccccc2OC)cnn1Cc1ccccc1. The average Bonchev–Trinajstić information content (AvgIpc) is 3.09. The van der Waals surface area contributed by atoms with Gasteiger partial charge < -0.3 is 10.1 Å². The fourth-order valence-electron chi connectivity index (χ4n) is 2.99. The molecule has 1 aromatic heterocycles. The van der Waals surface area contributed by atoms with E-state index in [4.69, 9.17) is 4.74 Å². The lowest BCUT2D eigenvalue weighted by Crippen LogP contribution is -2.24. The second-order valence-corrected chi connectivity index (χ2v) is 6.00. The molecule has 26 heavy (non-hydrogen) atoms. The highest BCUT2D eigenvalue weighted by atomic mass is 16.5. The van der Waals surface area contributed by atoms with E-state index in [-0.39, 0.29) is 5.91 Å². The van der Waals surface area contributed by atoms with Crippen LogP contribution in [0.15, 0.2) is 60.8 Å². The maximum absolute atomic E-state index is 12.7. The van der Waals surface area contributed by atoms with Gasteiger partial charge in [-0.15, -0.1) is 0 Å². The van der Waals surface area contributed by atoms with Crippen molar-refractivity contribution in [2.75, 3.05) is 7.11 Å². The van der Waals surface area contributed by atoms with E-state index >= 15 is 0 Å².